The van der Waals surface area contributed by atoms with E-state index in [4.69, 9.17) is 9.15 Å². The van der Waals surface area contributed by atoms with Crippen molar-refractivity contribution < 1.29 is 18.7 Å². The van der Waals surface area contributed by atoms with E-state index in [1.54, 1.807) is 22.7 Å². The Balaban J connectivity index is 1.48. The molecular weight excluding hydrogens is 350 g/mol. The van der Waals surface area contributed by atoms with Crippen LogP contribution in [0.25, 0.3) is 11.0 Å². The average molecular weight is 367 g/mol. The molecule has 1 amide bonds. The zero-order chi connectivity index (χ0) is 18.1. The lowest BCUT2D eigenvalue weighted by Crippen LogP contribution is -2.38. The molecule has 0 unspecified atom stereocenters. The minimum atomic E-state index is -0.619. The number of hydrogen-bond acceptors (Lipinski definition) is 5. The Bertz CT molecular complexity index is 994. The highest BCUT2D eigenvalue weighted by atomic mass is 32.2. The highest BCUT2D eigenvalue weighted by Crippen LogP contribution is 2.34. The molecule has 0 atom stereocenters. The number of carbonyl (C=O) groups excluding carboxylic acids is 2. The number of amides is 1. The van der Waals surface area contributed by atoms with E-state index in [9.17, 15) is 9.59 Å². The van der Waals surface area contributed by atoms with E-state index in [-0.39, 0.29) is 18.3 Å². The molecule has 3 aromatic rings. The summed E-state index contributed by atoms with van der Waals surface area (Å²) in [5, 5.41) is 0.868. The van der Waals surface area contributed by atoms with Gasteiger partial charge in [0.25, 0.3) is 5.91 Å². The Kier molecular flexibility index (Phi) is 4.42. The third-order valence-electron chi connectivity index (χ3n) is 4.39. The zero-order valence-corrected chi connectivity index (χ0v) is 15.0. The van der Waals surface area contributed by atoms with Crippen molar-refractivity contribution in [2.45, 2.75) is 11.8 Å². The summed E-state index contributed by atoms with van der Waals surface area (Å²) in [6.07, 6.45) is 0. The number of anilines is 1. The summed E-state index contributed by atoms with van der Waals surface area (Å²) in [5.41, 5.74) is 2.22. The maximum Gasteiger partial charge on any atom is 0.375 e. The van der Waals surface area contributed by atoms with Crippen LogP contribution in [0.15, 0.2) is 57.8 Å². The van der Waals surface area contributed by atoms with E-state index in [1.807, 2.05) is 49.4 Å². The fourth-order valence-corrected chi connectivity index (χ4v) is 4.06. The largest absolute Gasteiger partial charge is 0.450 e. The first-order valence-electron chi connectivity index (χ1n) is 8.32. The van der Waals surface area contributed by atoms with Crippen LogP contribution in [0.5, 0.6) is 0 Å². The van der Waals surface area contributed by atoms with Crippen LogP contribution in [0.3, 0.4) is 0 Å². The summed E-state index contributed by atoms with van der Waals surface area (Å²) in [7, 11) is 0. The monoisotopic (exact) mass is 367 g/mol. The number of ether oxygens (including phenoxy) is 1. The molecule has 2 aromatic carbocycles. The topological polar surface area (TPSA) is 59.8 Å². The fourth-order valence-electron chi connectivity index (χ4n) is 3.07. The van der Waals surface area contributed by atoms with Crippen LogP contribution in [0.4, 0.5) is 5.69 Å². The van der Waals surface area contributed by atoms with E-state index in [2.05, 4.69) is 0 Å². The van der Waals surface area contributed by atoms with Gasteiger partial charge in [0, 0.05) is 28.1 Å². The van der Waals surface area contributed by atoms with Gasteiger partial charge in [0.15, 0.2) is 6.61 Å². The lowest BCUT2D eigenvalue weighted by Gasteiger charge is -2.28. The van der Waals surface area contributed by atoms with Crippen molar-refractivity contribution >= 4 is 40.3 Å². The molecule has 132 valence electrons. The fraction of sp³-hybridized carbons (Fsp3) is 0.200. The second-order valence-electron chi connectivity index (χ2n) is 5.99. The Morgan fingerprint density at radius 1 is 1.15 bits per heavy atom. The summed E-state index contributed by atoms with van der Waals surface area (Å²) in [6.45, 7) is 2.10. The van der Waals surface area contributed by atoms with Gasteiger partial charge in [-0.15, -0.1) is 11.8 Å². The molecule has 26 heavy (non-hydrogen) atoms. The standard InChI is InChI=1S/C20H17NO4S/c1-13-14-6-2-4-8-16(14)25-19(13)20(23)24-12-18(22)21-10-11-26-17-9-5-3-7-15(17)21/h2-9H,10-12H2,1H3. The van der Waals surface area contributed by atoms with Crippen LogP contribution in [-0.4, -0.2) is 30.8 Å². The number of benzene rings is 2. The van der Waals surface area contributed by atoms with Gasteiger partial charge in [-0.1, -0.05) is 30.3 Å². The smallest absolute Gasteiger partial charge is 0.375 e. The summed E-state index contributed by atoms with van der Waals surface area (Å²) in [5.74, 6) is 0.111. The van der Waals surface area contributed by atoms with E-state index < -0.39 is 5.97 Å². The molecule has 0 saturated heterocycles. The van der Waals surface area contributed by atoms with Crippen LogP contribution >= 0.6 is 11.8 Å². The molecule has 0 radical (unpaired) electrons. The summed E-state index contributed by atoms with van der Waals surface area (Å²) < 4.78 is 10.8. The van der Waals surface area contributed by atoms with E-state index in [0.29, 0.717) is 12.1 Å². The minimum absolute atomic E-state index is 0.147. The molecule has 1 aliphatic heterocycles. The Morgan fingerprint density at radius 3 is 2.77 bits per heavy atom. The van der Waals surface area contributed by atoms with Crippen molar-refractivity contribution in [1.82, 2.24) is 0 Å². The minimum Gasteiger partial charge on any atom is -0.450 e. The van der Waals surface area contributed by atoms with Crippen LogP contribution in [0, 0.1) is 6.92 Å². The number of thioether (sulfide) groups is 1. The van der Waals surface area contributed by atoms with Crippen molar-refractivity contribution in [3.8, 4) is 0 Å². The highest BCUT2D eigenvalue weighted by molar-refractivity contribution is 7.99. The SMILES string of the molecule is Cc1c(C(=O)OCC(=O)N2CCSc3ccccc32)oc2ccccc12. The number of nitrogens with zero attached hydrogens (tertiary/aromatic N) is 1. The van der Waals surface area contributed by atoms with Gasteiger partial charge in [-0.25, -0.2) is 4.79 Å². The Labute approximate surface area is 154 Å². The third-order valence-corrected chi connectivity index (χ3v) is 5.43. The van der Waals surface area contributed by atoms with E-state index >= 15 is 0 Å². The number of aryl methyl sites for hydroxylation is 1. The molecule has 0 aliphatic carbocycles. The van der Waals surface area contributed by atoms with Crippen molar-refractivity contribution in [3.63, 3.8) is 0 Å². The lowest BCUT2D eigenvalue weighted by molar-refractivity contribution is -0.121. The summed E-state index contributed by atoms with van der Waals surface area (Å²) >= 11 is 1.72. The summed E-state index contributed by atoms with van der Waals surface area (Å²) in [6, 6.07) is 15.2. The molecule has 0 N–H and O–H groups in total. The van der Waals surface area contributed by atoms with Crippen LogP contribution in [-0.2, 0) is 9.53 Å². The Hall–Kier alpha value is -2.73. The third kappa shape index (κ3) is 2.97. The van der Waals surface area contributed by atoms with Gasteiger partial charge in [0.2, 0.25) is 5.76 Å². The van der Waals surface area contributed by atoms with Gasteiger partial charge in [-0.05, 0) is 25.1 Å². The maximum atomic E-state index is 12.6. The zero-order valence-electron chi connectivity index (χ0n) is 14.2. The average Bonchev–Trinajstić information content (AvgIpc) is 3.02. The van der Waals surface area contributed by atoms with E-state index in [0.717, 1.165) is 27.3 Å². The first-order valence-corrected chi connectivity index (χ1v) is 9.31. The van der Waals surface area contributed by atoms with Crippen molar-refractivity contribution in [3.05, 3.63) is 59.9 Å². The van der Waals surface area contributed by atoms with Gasteiger partial charge < -0.3 is 14.1 Å². The molecule has 0 bridgehead atoms. The van der Waals surface area contributed by atoms with Gasteiger partial charge in [0.1, 0.15) is 5.58 Å². The molecule has 0 saturated carbocycles. The van der Waals surface area contributed by atoms with Gasteiger partial charge >= 0.3 is 5.97 Å². The number of furan rings is 1. The first kappa shape index (κ1) is 16.7. The molecule has 4 rings (SSSR count). The van der Waals surface area contributed by atoms with Crippen molar-refractivity contribution in [1.29, 1.82) is 0 Å². The second kappa shape index (κ2) is 6.88. The molecule has 0 fully saturated rings. The second-order valence-corrected chi connectivity index (χ2v) is 7.13. The van der Waals surface area contributed by atoms with Crippen molar-refractivity contribution in [2.24, 2.45) is 0 Å². The molecule has 1 aromatic heterocycles. The summed E-state index contributed by atoms with van der Waals surface area (Å²) in [4.78, 5) is 27.7. The lowest BCUT2D eigenvalue weighted by atomic mass is 10.1. The number of esters is 1. The van der Waals surface area contributed by atoms with Gasteiger partial charge in [-0.3, -0.25) is 4.79 Å². The normalized spacial score (nSPS) is 13.5. The molecule has 2 heterocycles. The number of carbonyl (C=O) groups is 2. The number of rotatable bonds is 3. The van der Waals surface area contributed by atoms with Gasteiger partial charge in [-0.2, -0.15) is 0 Å². The molecule has 5 nitrogen and oxygen atoms in total. The molecule has 6 heteroatoms. The molecule has 0 spiro atoms. The predicted octanol–water partition coefficient (Wildman–Crippen LogP) is 4.04. The number of para-hydroxylation sites is 2. The highest BCUT2D eigenvalue weighted by Gasteiger charge is 2.25. The quantitative estimate of drug-likeness (QED) is 0.654. The van der Waals surface area contributed by atoms with Crippen LogP contribution in [0.2, 0.25) is 0 Å². The predicted molar refractivity (Wildman–Crippen MR) is 101 cm³/mol. The molecule has 1 aliphatic rings. The van der Waals surface area contributed by atoms with E-state index in [1.165, 1.54) is 0 Å². The van der Waals surface area contributed by atoms with Crippen LogP contribution < -0.4 is 4.90 Å². The first-order chi connectivity index (χ1) is 12.6. The maximum absolute atomic E-state index is 12.6. The number of fused-ring (bicyclic) bond motifs is 2. The molecular formula is C20H17NO4S. The number of hydrogen-bond donors (Lipinski definition) is 0. The van der Waals surface area contributed by atoms with Gasteiger partial charge in [0.05, 0.1) is 5.69 Å². The Morgan fingerprint density at radius 2 is 1.92 bits per heavy atom. The van der Waals surface area contributed by atoms with Crippen molar-refractivity contribution in [2.75, 3.05) is 23.8 Å². The van der Waals surface area contributed by atoms with Crippen LogP contribution in [0.1, 0.15) is 16.1 Å².